The Morgan fingerprint density at radius 2 is 2.14 bits per heavy atom. The summed E-state index contributed by atoms with van der Waals surface area (Å²) in [6.45, 7) is 5.09. The van der Waals surface area contributed by atoms with E-state index >= 15 is 0 Å². The zero-order valence-corrected chi connectivity index (χ0v) is 13.0. The third kappa shape index (κ3) is 4.26. The molecule has 1 atom stereocenters. The van der Waals surface area contributed by atoms with Crippen LogP contribution < -0.4 is 10.1 Å². The number of rotatable bonds is 8. The van der Waals surface area contributed by atoms with Gasteiger partial charge in [-0.25, -0.2) is 0 Å². The minimum Gasteiger partial charge on any atom is -0.507 e. The van der Waals surface area contributed by atoms with Crippen molar-refractivity contribution in [2.24, 2.45) is 0 Å². The van der Waals surface area contributed by atoms with Crippen molar-refractivity contribution in [3.8, 4) is 11.5 Å². The Morgan fingerprint density at radius 1 is 1.32 bits per heavy atom. The van der Waals surface area contributed by atoms with Gasteiger partial charge >= 0.3 is 0 Å². The number of hydrogen-bond acceptors (Lipinski definition) is 5. The fraction of sp³-hybridized carbons (Fsp3) is 0.412. The van der Waals surface area contributed by atoms with E-state index in [1.807, 2.05) is 19.1 Å². The molecule has 0 fully saturated rings. The smallest absolute Gasteiger partial charge is 0.136 e. The highest BCUT2D eigenvalue weighted by molar-refractivity contribution is 5.39. The Labute approximate surface area is 130 Å². The highest BCUT2D eigenvalue weighted by atomic mass is 16.5. The summed E-state index contributed by atoms with van der Waals surface area (Å²) in [6, 6.07) is 8.73. The normalized spacial score (nSPS) is 13.8. The number of aliphatic hydroxyl groups is 1. The van der Waals surface area contributed by atoms with Gasteiger partial charge in [0.2, 0.25) is 0 Å². The van der Waals surface area contributed by atoms with Crippen LogP contribution in [-0.2, 0) is 12.1 Å². The molecule has 1 unspecified atom stereocenters. The van der Waals surface area contributed by atoms with Crippen LogP contribution in [0.25, 0.3) is 0 Å². The van der Waals surface area contributed by atoms with Gasteiger partial charge in [-0.15, -0.1) is 0 Å². The number of phenols is 1. The minimum absolute atomic E-state index is 0.179. The predicted molar refractivity (Wildman–Crippen MR) is 83.9 cm³/mol. The highest BCUT2D eigenvalue weighted by Crippen LogP contribution is 2.24. The summed E-state index contributed by atoms with van der Waals surface area (Å²) in [7, 11) is 0. The maximum atomic E-state index is 10.3. The summed E-state index contributed by atoms with van der Waals surface area (Å²) in [5, 5.41) is 23.5. The Hall–Kier alpha value is -1.98. The van der Waals surface area contributed by atoms with Crippen LogP contribution in [0.5, 0.6) is 11.5 Å². The number of nitrogens with one attached hydrogen (secondary N) is 1. The topological polar surface area (TPSA) is 74.9 Å². The fourth-order valence-corrected chi connectivity index (χ4v) is 2.12. The molecule has 0 saturated heterocycles. The highest BCUT2D eigenvalue weighted by Gasteiger charge is 2.25. The van der Waals surface area contributed by atoms with E-state index in [4.69, 9.17) is 9.15 Å². The molecular weight excluding hydrogens is 282 g/mol. The molecule has 0 aliphatic rings. The van der Waals surface area contributed by atoms with Gasteiger partial charge in [0.15, 0.2) is 0 Å². The van der Waals surface area contributed by atoms with E-state index in [2.05, 4.69) is 5.32 Å². The summed E-state index contributed by atoms with van der Waals surface area (Å²) in [4.78, 5) is 0. The lowest BCUT2D eigenvalue weighted by Crippen LogP contribution is -2.34. The third-order valence-corrected chi connectivity index (χ3v) is 3.37. The minimum atomic E-state index is -1.09. The lowest BCUT2D eigenvalue weighted by atomic mass is 10.0. The van der Waals surface area contributed by atoms with E-state index in [0.717, 1.165) is 12.0 Å². The van der Waals surface area contributed by atoms with Crippen LogP contribution in [0.15, 0.2) is 41.0 Å². The van der Waals surface area contributed by atoms with E-state index < -0.39 is 5.60 Å². The number of benzene rings is 1. The lowest BCUT2D eigenvalue weighted by Gasteiger charge is -2.21. The molecule has 1 aromatic carbocycles. The summed E-state index contributed by atoms with van der Waals surface area (Å²) in [5.41, 5.74) is -0.345. The average Bonchev–Trinajstić information content (AvgIpc) is 3.02. The van der Waals surface area contributed by atoms with Gasteiger partial charge in [-0.1, -0.05) is 13.0 Å². The first-order chi connectivity index (χ1) is 10.5. The average molecular weight is 305 g/mol. The Bertz CT molecular complexity index is 578. The van der Waals surface area contributed by atoms with Crippen molar-refractivity contribution in [1.82, 2.24) is 5.32 Å². The first-order valence-electron chi connectivity index (χ1n) is 7.44. The zero-order chi connectivity index (χ0) is 16.0. The van der Waals surface area contributed by atoms with Gasteiger partial charge in [0.05, 0.1) is 12.9 Å². The van der Waals surface area contributed by atoms with Gasteiger partial charge in [0.1, 0.15) is 22.9 Å². The van der Waals surface area contributed by atoms with Crippen LogP contribution in [0.2, 0.25) is 0 Å². The van der Waals surface area contributed by atoms with Crippen molar-refractivity contribution in [2.45, 2.75) is 32.4 Å². The van der Waals surface area contributed by atoms with Crippen LogP contribution in [0.4, 0.5) is 0 Å². The maximum absolute atomic E-state index is 10.3. The first-order valence-corrected chi connectivity index (χ1v) is 7.44. The van der Waals surface area contributed by atoms with Crippen molar-refractivity contribution in [3.63, 3.8) is 0 Å². The Balaban J connectivity index is 1.89. The lowest BCUT2D eigenvalue weighted by molar-refractivity contribution is 0.0340. The SMILES string of the molecule is CCCOc1ccc(CNCC(C)(O)c2ccco2)c(O)c1. The number of phenolic OH excluding ortho intramolecular Hbond substituents is 1. The molecule has 3 N–H and O–H groups in total. The van der Waals surface area contributed by atoms with Gasteiger partial charge < -0.3 is 24.7 Å². The van der Waals surface area contributed by atoms with Crippen LogP contribution >= 0.6 is 0 Å². The second-order valence-electron chi connectivity index (χ2n) is 5.49. The Kier molecular flexibility index (Phi) is 5.46. The van der Waals surface area contributed by atoms with Crippen molar-refractivity contribution >= 4 is 0 Å². The van der Waals surface area contributed by atoms with Gasteiger partial charge in [-0.05, 0) is 31.5 Å². The molecule has 0 bridgehead atoms. The molecule has 1 heterocycles. The summed E-state index contributed by atoms with van der Waals surface area (Å²) in [6.07, 6.45) is 2.45. The van der Waals surface area contributed by atoms with Gasteiger partial charge in [-0.3, -0.25) is 0 Å². The van der Waals surface area contributed by atoms with Crippen molar-refractivity contribution in [2.75, 3.05) is 13.2 Å². The number of furan rings is 1. The predicted octanol–water partition coefficient (Wildman–Crippen LogP) is 2.77. The summed E-state index contributed by atoms with van der Waals surface area (Å²) in [5.74, 6) is 1.34. The molecule has 1 aromatic heterocycles. The van der Waals surface area contributed by atoms with Crippen LogP contribution in [0, 0.1) is 0 Å². The van der Waals surface area contributed by atoms with Crippen molar-refractivity contribution < 1.29 is 19.4 Å². The van der Waals surface area contributed by atoms with Crippen molar-refractivity contribution in [1.29, 1.82) is 0 Å². The first kappa shape index (κ1) is 16.4. The molecule has 2 aromatic rings. The molecule has 120 valence electrons. The van der Waals surface area contributed by atoms with Crippen LogP contribution in [0.1, 0.15) is 31.6 Å². The summed E-state index contributed by atoms with van der Waals surface area (Å²) < 4.78 is 10.7. The standard InChI is InChI=1S/C17H23NO4/c1-3-8-21-14-7-6-13(15(19)10-14)11-18-12-17(2,20)16-5-4-9-22-16/h4-7,9-10,18-20H,3,8,11-12H2,1-2H3. The number of aromatic hydroxyl groups is 1. The molecule has 0 aliphatic carbocycles. The molecule has 0 spiro atoms. The van der Waals surface area contributed by atoms with Crippen LogP contribution in [-0.4, -0.2) is 23.4 Å². The van der Waals surface area contributed by atoms with E-state index in [1.54, 1.807) is 25.1 Å². The number of hydrogen-bond donors (Lipinski definition) is 3. The van der Waals surface area contributed by atoms with E-state index in [1.165, 1.54) is 6.26 Å². The fourth-order valence-electron chi connectivity index (χ4n) is 2.12. The second-order valence-corrected chi connectivity index (χ2v) is 5.49. The summed E-state index contributed by atoms with van der Waals surface area (Å²) >= 11 is 0. The molecule has 22 heavy (non-hydrogen) atoms. The molecule has 0 saturated carbocycles. The molecule has 5 nitrogen and oxygen atoms in total. The quantitative estimate of drug-likeness (QED) is 0.699. The Morgan fingerprint density at radius 3 is 2.77 bits per heavy atom. The molecule has 2 rings (SSSR count). The van der Waals surface area contributed by atoms with Crippen molar-refractivity contribution in [3.05, 3.63) is 47.9 Å². The van der Waals surface area contributed by atoms with Gasteiger partial charge in [0, 0.05) is 24.7 Å². The number of ether oxygens (including phenoxy) is 1. The van der Waals surface area contributed by atoms with E-state index in [9.17, 15) is 10.2 Å². The third-order valence-electron chi connectivity index (χ3n) is 3.37. The molecule has 0 aliphatic heterocycles. The van der Waals surface area contributed by atoms with Gasteiger partial charge in [-0.2, -0.15) is 0 Å². The molecule has 5 heteroatoms. The monoisotopic (exact) mass is 305 g/mol. The van der Waals surface area contributed by atoms with Crippen LogP contribution in [0.3, 0.4) is 0 Å². The van der Waals surface area contributed by atoms with Gasteiger partial charge in [0.25, 0.3) is 0 Å². The zero-order valence-electron chi connectivity index (χ0n) is 13.0. The molecule has 0 radical (unpaired) electrons. The molecule has 0 amide bonds. The second kappa shape index (κ2) is 7.33. The van der Waals surface area contributed by atoms with E-state index in [-0.39, 0.29) is 5.75 Å². The maximum Gasteiger partial charge on any atom is 0.136 e. The molecular formula is C17H23NO4. The largest absolute Gasteiger partial charge is 0.507 e. The van der Waals surface area contributed by atoms with E-state index in [0.29, 0.717) is 31.2 Å².